The Morgan fingerprint density at radius 3 is 2.58 bits per heavy atom. The standard InChI is InChI=1S/C9H12ClN5O2S2/c1-3-5-15-8(7-6(4-2)11-14-18-7)12-13-9(15)19(10,16)17/h3-5H2,1-2H3. The molecule has 0 atom stereocenters. The maximum Gasteiger partial charge on any atom is 0.296 e. The van der Waals surface area contributed by atoms with Crippen molar-refractivity contribution in [1.29, 1.82) is 0 Å². The van der Waals surface area contributed by atoms with Gasteiger partial charge in [0.2, 0.25) is 0 Å². The molecule has 2 aromatic rings. The third-order valence-electron chi connectivity index (χ3n) is 2.48. The molecule has 7 nitrogen and oxygen atoms in total. The van der Waals surface area contributed by atoms with Crippen molar-refractivity contribution in [2.45, 2.75) is 38.4 Å². The summed E-state index contributed by atoms with van der Waals surface area (Å²) in [5.74, 6) is 0.452. The van der Waals surface area contributed by atoms with E-state index in [-0.39, 0.29) is 5.16 Å². The van der Waals surface area contributed by atoms with Crippen molar-refractivity contribution in [2.24, 2.45) is 0 Å². The molecule has 0 fully saturated rings. The van der Waals surface area contributed by atoms with Gasteiger partial charge < -0.3 is 0 Å². The van der Waals surface area contributed by atoms with Crippen LogP contribution in [0.3, 0.4) is 0 Å². The summed E-state index contributed by atoms with van der Waals surface area (Å²) in [5.41, 5.74) is 0.772. The van der Waals surface area contributed by atoms with Crippen LogP contribution in [0.4, 0.5) is 0 Å². The molecule has 2 aromatic heterocycles. The van der Waals surface area contributed by atoms with Gasteiger partial charge in [-0.25, -0.2) is 8.42 Å². The summed E-state index contributed by atoms with van der Waals surface area (Å²) in [4.78, 5) is 0.731. The van der Waals surface area contributed by atoms with Gasteiger partial charge in [0.15, 0.2) is 5.82 Å². The Morgan fingerprint density at radius 1 is 1.26 bits per heavy atom. The van der Waals surface area contributed by atoms with E-state index in [0.717, 1.165) is 17.0 Å². The zero-order chi connectivity index (χ0) is 14.0. The van der Waals surface area contributed by atoms with Crippen LogP contribution in [0.5, 0.6) is 0 Å². The number of hydrogen-bond donors (Lipinski definition) is 0. The van der Waals surface area contributed by atoms with Gasteiger partial charge in [-0.3, -0.25) is 4.57 Å². The first-order valence-corrected chi connectivity index (χ1v) is 8.76. The van der Waals surface area contributed by atoms with Gasteiger partial charge in [-0.15, -0.1) is 15.3 Å². The summed E-state index contributed by atoms with van der Waals surface area (Å²) in [5, 5.41) is 11.4. The molecule has 0 aliphatic heterocycles. The normalized spacial score (nSPS) is 11.9. The molecule has 104 valence electrons. The Morgan fingerprint density at radius 2 is 2.00 bits per heavy atom. The predicted octanol–water partition coefficient (Wildman–Crippen LogP) is 1.70. The second-order valence-electron chi connectivity index (χ2n) is 3.80. The zero-order valence-corrected chi connectivity index (χ0v) is 12.8. The smallest absolute Gasteiger partial charge is 0.296 e. The van der Waals surface area contributed by atoms with E-state index in [1.54, 1.807) is 0 Å². The maximum absolute atomic E-state index is 11.5. The number of hydrogen-bond acceptors (Lipinski definition) is 7. The molecule has 0 aliphatic carbocycles. The first-order chi connectivity index (χ1) is 8.99. The summed E-state index contributed by atoms with van der Waals surface area (Å²) in [6.45, 7) is 4.34. The summed E-state index contributed by atoms with van der Waals surface area (Å²) >= 11 is 1.17. The lowest BCUT2D eigenvalue weighted by Gasteiger charge is -2.06. The monoisotopic (exact) mass is 321 g/mol. The second kappa shape index (κ2) is 5.51. The molecular formula is C9H12ClN5O2S2. The molecule has 0 bridgehead atoms. The molecule has 0 spiro atoms. The van der Waals surface area contributed by atoms with Crippen molar-refractivity contribution >= 4 is 31.3 Å². The molecule has 19 heavy (non-hydrogen) atoms. The number of aromatic nitrogens is 5. The van der Waals surface area contributed by atoms with E-state index in [0.29, 0.717) is 18.8 Å². The molecule has 0 aromatic carbocycles. The average molecular weight is 322 g/mol. The van der Waals surface area contributed by atoms with E-state index in [4.69, 9.17) is 10.7 Å². The van der Waals surface area contributed by atoms with Crippen LogP contribution in [-0.2, 0) is 22.0 Å². The van der Waals surface area contributed by atoms with E-state index in [1.807, 2.05) is 13.8 Å². The quantitative estimate of drug-likeness (QED) is 0.778. The SMILES string of the molecule is CCCn1c(-c2snnc2CC)nnc1S(=O)(=O)Cl. The van der Waals surface area contributed by atoms with Gasteiger partial charge in [-0.1, -0.05) is 18.3 Å². The minimum Gasteiger partial charge on any atom is -0.296 e. The van der Waals surface area contributed by atoms with Crippen LogP contribution in [0.1, 0.15) is 26.0 Å². The number of aryl methyl sites for hydroxylation is 1. The van der Waals surface area contributed by atoms with Crippen molar-refractivity contribution in [3.8, 4) is 10.7 Å². The zero-order valence-electron chi connectivity index (χ0n) is 10.4. The molecule has 0 saturated carbocycles. The van der Waals surface area contributed by atoms with Crippen molar-refractivity contribution in [3.63, 3.8) is 0 Å². The van der Waals surface area contributed by atoms with Gasteiger partial charge in [0, 0.05) is 17.2 Å². The van der Waals surface area contributed by atoms with E-state index in [2.05, 4.69) is 19.8 Å². The number of nitrogens with zero attached hydrogens (tertiary/aromatic N) is 5. The second-order valence-corrected chi connectivity index (χ2v) is 7.01. The molecule has 10 heteroatoms. The first kappa shape index (κ1) is 14.4. The van der Waals surface area contributed by atoms with Gasteiger partial charge in [-0.2, -0.15) is 0 Å². The van der Waals surface area contributed by atoms with Crippen LogP contribution in [0.15, 0.2) is 5.16 Å². The van der Waals surface area contributed by atoms with Crippen molar-refractivity contribution in [2.75, 3.05) is 0 Å². The minimum absolute atomic E-state index is 0.235. The van der Waals surface area contributed by atoms with Crippen molar-refractivity contribution in [1.82, 2.24) is 24.4 Å². The lowest BCUT2D eigenvalue weighted by molar-refractivity contribution is 0.570. The van der Waals surface area contributed by atoms with Crippen LogP contribution in [0.25, 0.3) is 10.7 Å². The largest absolute Gasteiger partial charge is 0.296 e. The molecule has 0 aliphatic rings. The third-order valence-corrected chi connectivity index (χ3v) is 4.39. The first-order valence-electron chi connectivity index (χ1n) is 5.68. The van der Waals surface area contributed by atoms with E-state index < -0.39 is 9.05 Å². The fourth-order valence-electron chi connectivity index (χ4n) is 1.67. The number of halogens is 1. The van der Waals surface area contributed by atoms with Gasteiger partial charge in [-0.05, 0) is 24.4 Å². The van der Waals surface area contributed by atoms with E-state index in [9.17, 15) is 8.42 Å². The molecule has 0 saturated heterocycles. The Labute approximate surface area is 119 Å². The van der Waals surface area contributed by atoms with Gasteiger partial charge in [0.25, 0.3) is 14.2 Å². The molecule has 0 radical (unpaired) electrons. The van der Waals surface area contributed by atoms with Crippen LogP contribution < -0.4 is 0 Å². The Kier molecular flexibility index (Phi) is 4.16. The lowest BCUT2D eigenvalue weighted by Crippen LogP contribution is -2.07. The Balaban J connectivity index is 2.62. The Hall–Kier alpha value is -1.06. The fraction of sp³-hybridized carbons (Fsp3) is 0.556. The fourth-order valence-corrected chi connectivity index (χ4v) is 3.34. The van der Waals surface area contributed by atoms with Gasteiger partial charge in [0.05, 0.1) is 5.69 Å². The minimum atomic E-state index is -3.92. The molecule has 2 rings (SSSR count). The van der Waals surface area contributed by atoms with Crippen LogP contribution in [0.2, 0.25) is 0 Å². The van der Waals surface area contributed by atoms with Crippen molar-refractivity contribution < 1.29 is 8.42 Å². The van der Waals surface area contributed by atoms with E-state index >= 15 is 0 Å². The summed E-state index contributed by atoms with van der Waals surface area (Å²) < 4.78 is 28.3. The predicted molar refractivity (Wildman–Crippen MR) is 71.6 cm³/mol. The average Bonchev–Trinajstić information content (AvgIpc) is 2.93. The summed E-state index contributed by atoms with van der Waals surface area (Å²) in [6, 6.07) is 0. The van der Waals surface area contributed by atoms with E-state index in [1.165, 1.54) is 16.1 Å². The maximum atomic E-state index is 11.5. The highest BCUT2D eigenvalue weighted by Crippen LogP contribution is 2.27. The topological polar surface area (TPSA) is 90.6 Å². The highest BCUT2D eigenvalue weighted by atomic mass is 35.7. The Bertz CT molecular complexity index is 679. The third kappa shape index (κ3) is 2.77. The highest BCUT2D eigenvalue weighted by Gasteiger charge is 2.25. The highest BCUT2D eigenvalue weighted by molar-refractivity contribution is 8.13. The van der Waals surface area contributed by atoms with Crippen molar-refractivity contribution in [3.05, 3.63) is 5.69 Å². The molecule has 0 N–H and O–H groups in total. The number of rotatable bonds is 5. The summed E-state index contributed by atoms with van der Waals surface area (Å²) in [6.07, 6.45) is 1.42. The molecule has 2 heterocycles. The van der Waals surface area contributed by atoms with Crippen LogP contribution >= 0.6 is 22.2 Å². The summed E-state index contributed by atoms with van der Waals surface area (Å²) in [7, 11) is 1.45. The van der Waals surface area contributed by atoms with Gasteiger partial charge in [0.1, 0.15) is 4.88 Å². The lowest BCUT2D eigenvalue weighted by atomic mass is 10.3. The van der Waals surface area contributed by atoms with Gasteiger partial charge >= 0.3 is 0 Å². The van der Waals surface area contributed by atoms with Crippen LogP contribution in [0, 0.1) is 0 Å². The molecular weight excluding hydrogens is 310 g/mol. The van der Waals surface area contributed by atoms with Crippen LogP contribution in [-0.4, -0.2) is 32.8 Å². The molecule has 0 amide bonds. The molecule has 0 unspecified atom stereocenters.